The summed E-state index contributed by atoms with van der Waals surface area (Å²) in [5.41, 5.74) is 0.759. The Labute approximate surface area is 116 Å². The van der Waals surface area contributed by atoms with Crippen molar-refractivity contribution in [1.82, 2.24) is 4.37 Å². The number of aliphatic hydroxyl groups excluding tert-OH is 1. The van der Waals surface area contributed by atoms with Crippen LogP contribution in [0.5, 0.6) is 0 Å². The van der Waals surface area contributed by atoms with Crippen molar-refractivity contribution in [3.05, 3.63) is 40.3 Å². The lowest BCUT2D eigenvalue weighted by molar-refractivity contribution is -0.135. The number of hydrogen-bond acceptors (Lipinski definition) is 4. The summed E-state index contributed by atoms with van der Waals surface area (Å²) in [6.07, 6.45) is -4.53. The van der Waals surface area contributed by atoms with E-state index in [9.17, 15) is 18.0 Å². The van der Waals surface area contributed by atoms with E-state index >= 15 is 0 Å². The fraction of sp³-hybridized carbons (Fsp3) is 0.231. The van der Waals surface area contributed by atoms with Gasteiger partial charge in [0, 0.05) is 16.7 Å². The van der Waals surface area contributed by atoms with Gasteiger partial charge in [0.25, 0.3) is 0 Å². The minimum absolute atomic E-state index is 0.0972. The van der Waals surface area contributed by atoms with Crippen molar-refractivity contribution < 1.29 is 23.1 Å². The van der Waals surface area contributed by atoms with E-state index in [1.165, 1.54) is 31.2 Å². The predicted octanol–water partition coefficient (Wildman–Crippen LogP) is 3.52. The van der Waals surface area contributed by atoms with E-state index in [0.717, 1.165) is 0 Å². The van der Waals surface area contributed by atoms with Crippen LogP contribution in [0.1, 0.15) is 27.7 Å². The third kappa shape index (κ3) is 2.73. The average Bonchev–Trinajstić information content (AvgIpc) is 2.82. The van der Waals surface area contributed by atoms with Crippen LogP contribution < -0.4 is 0 Å². The molecule has 0 aliphatic carbocycles. The first-order valence-electron chi connectivity index (χ1n) is 5.62. The minimum Gasteiger partial charge on any atom is -0.392 e. The molecule has 1 aromatic heterocycles. The highest BCUT2D eigenvalue weighted by atomic mass is 32.1. The lowest BCUT2D eigenvalue weighted by Crippen LogP contribution is -2.06. The maximum Gasteiger partial charge on any atom is 0.427 e. The van der Waals surface area contributed by atoms with Crippen LogP contribution in [0.15, 0.2) is 24.3 Å². The highest BCUT2D eigenvalue weighted by Gasteiger charge is 2.37. The Bertz CT molecular complexity index is 632. The zero-order chi connectivity index (χ0) is 14.9. The molecular formula is C13H10F3NO2S. The van der Waals surface area contributed by atoms with Gasteiger partial charge in [0.05, 0.1) is 12.3 Å². The lowest BCUT2D eigenvalue weighted by atomic mass is 10.0. The molecule has 2 rings (SSSR count). The predicted molar refractivity (Wildman–Crippen MR) is 68.5 cm³/mol. The van der Waals surface area contributed by atoms with Crippen molar-refractivity contribution in [2.45, 2.75) is 19.7 Å². The minimum atomic E-state index is -4.53. The van der Waals surface area contributed by atoms with Crippen LogP contribution in [-0.2, 0) is 12.8 Å². The van der Waals surface area contributed by atoms with Gasteiger partial charge in [-0.3, -0.25) is 4.79 Å². The first-order valence-corrected chi connectivity index (χ1v) is 6.40. The molecule has 2 aromatic rings. The number of carbonyl (C=O) groups is 1. The molecule has 3 nitrogen and oxygen atoms in total. The Hall–Kier alpha value is -1.73. The fourth-order valence-electron chi connectivity index (χ4n) is 1.77. The molecule has 1 aromatic carbocycles. The number of carbonyl (C=O) groups excluding carboxylic acids is 1. The third-order valence-corrected chi connectivity index (χ3v) is 3.70. The number of nitrogens with zero attached hydrogens (tertiary/aromatic N) is 1. The number of aromatic nitrogens is 1. The zero-order valence-corrected chi connectivity index (χ0v) is 11.2. The molecule has 0 fully saturated rings. The summed E-state index contributed by atoms with van der Waals surface area (Å²) in [5.74, 6) is -0.131. The average molecular weight is 301 g/mol. The van der Waals surface area contributed by atoms with E-state index in [1.807, 2.05) is 0 Å². The summed E-state index contributed by atoms with van der Waals surface area (Å²) < 4.78 is 42.0. The maximum absolute atomic E-state index is 12.7. The van der Waals surface area contributed by atoms with Crippen LogP contribution in [0.2, 0.25) is 0 Å². The van der Waals surface area contributed by atoms with Gasteiger partial charge in [0.2, 0.25) is 0 Å². The van der Waals surface area contributed by atoms with Crippen molar-refractivity contribution in [3.8, 4) is 11.3 Å². The largest absolute Gasteiger partial charge is 0.427 e. The molecule has 106 valence electrons. The second-order valence-electron chi connectivity index (χ2n) is 4.13. The van der Waals surface area contributed by atoms with Crippen LogP contribution >= 0.6 is 11.5 Å². The van der Waals surface area contributed by atoms with Crippen LogP contribution in [0.3, 0.4) is 0 Å². The number of ketones is 1. The monoisotopic (exact) mass is 301 g/mol. The summed E-state index contributed by atoms with van der Waals surface area (Å²) >= 11 is 0.311. The molecule has 20 heavy (non-hydrogen) atoms. The normalized spacial score (nSPS) is 11.7. The number of hydrogen-bond donors (Lipinski definition) is 1. The van der Waals surface area contributed by atoms with E-state index in [4.69, 9.17) is 5.11 Å². The molecule has 0 radical (unpaired) electrons. The highest BCUT2D eigenvalue weighted by molar-refractivity contribution is 7.06. The van der Waals surface area contributed by atoms with Gasteiger partial charge in [0.1, 0.15) is 4.88 Å². The zero-order valence-electron chi connectivity index (χ0n) is 10.4. The SMILES string of the molecule is CC(=O)c1ccc(-c2nsc(C(F)(F)F)c2CO)cc1. The standard InChI is InChI=1S/C13H10F3NO2S/c1-7(19)8-2-4-9(5-3-8)11-10(6-18)12(20-17-11)13(14,15)16/h2-5,18H,6H2,1H3. The molecule has 1 N–H and O–H groups in total. The molecule has 0 saturated heterocycles. The van der Waals surface area contributed by atoms with Crippen LogP contribution in [0, 0.1) is 0 Å². The summed E-state index contributed by atoms with van der Waals surface area (Å²) in [6.45, 7) is 0.661. The van der Waals surface area contributed by atoms with E-state index in [-0.39, 0.29) is 17.0 Å². The summed E-state index contributed by atoms with van der Waals surface area (Å²) in [6, 6.07) is 6.08. The van der Waals surface area contributed by atoms with E-state index in [1.54, 1.807) is 0 Å². The molecule has 0 aliphatic heterocycles. The Morgan fingerprint density at radius 3 is 2.35 bits per heavy atom. The van der Waals surface area contributed by atoms with Gasteiger partial charge < -0.3 is 5.11 Å². The molecule has 1 heterocycles. The lowest BCUT2D eigenvalue weighted by Gasteiger charge is -2.06. The molecule has 0 unspecified atom stereocenters. The van der Waals surface area contributed by atoms with Crippen LogP contribution in [0.25, 0.3) is 11.3 Å². The molecular weight excluding hydrogens is 291 g/mol. The number of benzene rings is 1. The number of halogens is 3. The number of alkyl halides is 3. The van der Waals surface area contributed by atoms with Gasteiger partial charge in [-0.1, -0.05) is 24.3 Å². The van der Waals surface area contributed by atoms with Crippen molar-refractivity contribution in [2.24, 2.45) is 0 Å². The van der Waals surface area contributed by atoms with Crippen LogP contribution in [0.4, 0.5) is 13.2 Å². The Kier molecular flexibility index (Phi) is 3.92. The second kappa shape index (κ2) is 5.34. The fourth-order valence-corrected chi connectivity index (χ4v) is 2.54. The highest BCUT2D eigenvalue weighted by Crippen LogP contribution is 2.39. The number of rotatable bonds is 3. The van der Waals surface area contributed by atoms with Gasteiger partial charge in [0.15, 0.2) is 5.78 Å². The summed E-state index contributed by atoms with van der Waals surface area (Å²) in [5, 5.41) is 9.17. The molecule has 7 heteroatoms. The summed E-state index contributed by atoms with van der Waals surface area (Å²) in [7, 11) is 0. The first-order chi connectivity index (χ1) is 9.34. The summed E-state index contributed by atoms with van der Waals surface area (Å²) in [4.78, 5) is 10.3. The Morgan fingerprint density at radius 2 is 1.90 bits per heavy atom. The quantitative estimate of drug-likeness (QED) is 0.882. The van der Waals surface area contributed by atoms with Crippen molar-refractivity contribution in [2.75, 3.05) is 0 Å². The van der Waals surface area contributed by atoms with Crippen molar-refractivity contribution >= 4 is 17.3 Å². The maximum atomic E-state index is 12.7. The van der Waals surface area contributed by atoms with Crippen molar-refractivity contribution in [1.29, 1.82) is 0 Å². The molecule has 0 aliphatic rings. The van der Waals surface area contributed by atoms with Crippen molar-refractivity contribution in [3.63, 3.8) is 0 Å². The number of Topliss-reactive ketones (excluding diaryl/α,β-unsaturated/α-hetero) is 1. The third-order valence-electron chi connectivity index (χ3n) is 2.77. The van der Waals surface area contributed by atoms with Gasteiger partial charge in [-0.15, -0.1) is 0 Å². The van der Waals surface area contributed by atoms with E-state index in [2.05, 4.69) is 4.37 Å². The van der Waals surface area contributed by atoms with Gasteiger partial charge in [-0.05, 0) is 18.5 Å². The Balaban J connectivity index is 2.48. The topological polar surface area (TPSA) is 50.2 Å². The molecule has 0 bridgehead atoms. The van der Waals surface area contributed by atoms with Crippen LogP contribution in [-0.4, -0.2) is 15.3 Å². The van der Waals surface area contributed by atoms with E-state index < -0.39 is 17.7 Å². The smallest absolute Gasteiger partial charge is 0.392 e. The van der Waals surface area contributed by atoms with Gasteiger partial charge in [-0.25, -0.2) is 0 Å². The molecule has 0 spiro atoms. The van der Waals surface area contributed by atoms with E-state index in [0.29, 0.717) is 22.7 Å². The van der Waals surface area contributed by atoms with Gasteiger partial charge in [-0.2, -0.15) is 17.5 Å². The Morgan fingerprint density at radius 1 is 1.30 bits per heavy atom. The molecule has 0 amide bonds. The molecule has 0 saturated carbocycles. The first kappa shape index (κ1) is 14.7. The second-order valence-corrected chi connectivity index (χ2v) is 4.90. The molecule has 0 atom stereocenters. The number of aliphatic hydroxyl groups is 1. The van der Waals surface area contributed by atoms with Gasteiger partial charge >= 0.3 is 6.18 Å².